The second-order valence-electron chi connectivity index (χ2n) is 3.53. The van der Waals surface area contributed by atoms with Gasteiger partial charge in [0.25, 0.3) is 0 Å². The van der Waals surface area contributed by atoms with Gasteiger partial charge in [0.1, 0.15) is 11.5 Å². The molecular weight excluding hydrogens is 363 g/mol. The minimum absolute atomic E-state index is 0.0940. The van der Waals surface area contributed by atoms with E-state index in [0.29, 0.717) is 30.3 Å². The maximum atomic E-state index is 9.31. The average Bonchev–Trinajstić information content (AvgIpc) is 2.42. The molecule has 0 amide bonds. The molecule has 1 rings (SSSR count). The highest BCUT2D eigenvalue weighted by molar-refractivity contribution is 14.1. The van der Waals surface area contributed by atoms with E-state index in [0.717, 1.165) is 3.57 Å². The van der Waals surface area contributed by atoms with E-state index in [1.165, 1.54) is 0 Å². The predicted octanol–water partition coefficient (Wildman–Crippen LogP) is 2.53. The maximum Gasteiger partial charge on any atom is 0.189 e. The number of hydrogen-bond acceptors (Lipinski definition) is 5. The zero-order valence-electron chi connectivity index (χ0n) is 11.1. The zero-order chi connectivity index (χ0) is 14.1. The van der Waals surface area contributed by atoms with Gasteiger partial charge < -0.3 is 24.1 Å². The second kappa shape index (κ2) is 9.35. The van der Waals surface area contributed by atoms with Crippen molar-refractivity contribution in [2.45, 2.75) is 20.5 Å². The number of hydrogen-bond donors (Lipinski definition) is 1. The molecule has 0 heterocycles. The van der Waals surface area contributed by atoms with E-state index in [4.69, 9.17) is 18.9 Å². The van der Waals surface area contributed by atoms with Crippen LogP contribution in [0.1, 0.15) is 19.4 Å². The molecule has 1 aromatic rings. The van der Waals surface area contributed by atoms with E-state index < -0.39 is 0 Å². The summed E-state index contributed by atoms with van der Waals surface area (Å²) in [6.07, 6.45) is 0. The number of rotatable bonds is 9. The first-order chi connectivity index (χ1) is 9.24. The topological polar surface area (TPSA) is 57.2 Å². The third-order valence-corrected chi connectivity index (χ3v) is 3.33. The van der Waals surface area contributed by atoms with Gasteiger partial charge in [0.05, 0.1) is 10.2 Å². The molecule has 19 heavy (non-hydrogen) atoms. The fourth-order valence-electron chi connectivity index (χ4n) is 1.34. The Balaban J connectivity index is 2.81. The molecule has 6 heteroatoms. The summed E-state index contributed by atoms with van der Waals surface area (Å²) < 4.78 is 22.1. The standard InChI is InChI=1S/C13H19IO5/c1-3-16-8-18-11-6-5-10(7-15)13(12(11)14)19-9-17-4-2/h5-6,15H,3-4,7-9H2,1-2H3. The van der Waals surface area contributed by atoms with Crippen molar-refractivity contribution in [1.82, 2.24) is 0 Å². The van der Waals surface area contributed by atoms with Gasteiger partial charge in [0.2, 0.25) is 0 Å². The fourth-order valence-corrected chi connectivity index (χ4v) is 2.18. The predicted molar refractivity (Wildman–Crippen MR) is 79.3 cm³/mol. The Bertz CT molecular complexity index is 384. The quantitative estimate of drug-likeness (QED) is 0.404. The molecule has 0 radical (unpaired) electrons. The van der Waals surface area contributed by atoms with Crippen LogP contribution < -0.4 is 9.47 Å². The van der Waals surface area contributed by atoms with E-state index in [9.17, 15) is 5.11 Å². The molecule has 0 aliphatic heterocycles. The molecule has 0 saturated carbocycles. The summed E-state index contributed by atoms with van der Waals surface area (Å²) in [4.78, 5) is 0. The van der Waals surface area contributed by atoms with E-state index in [-0.39, 0.29) is 20.2 Å². The SMILES string of the molecule is CCOCOc1ccc(CO)c(OCOCC)c1I. The van der Waals surface area contributed by atoms with E-state index in [1.807, 2.05) is 13.8 Å². The van der Waals surface area contributed by atoms with Gasteiger partial charge in [-0.2, -0.15) is 0 Å². The van der Waals surface area contributed by atoms with Gasteiger partial charge in [0.15, 0.2) is 13.6 Å². The zero-order valence-corrected chi connectivity index (χ0v) is 13.3. The highest BCUT2D eigenvalue weighted by atomic mass is 127. The maximum absolute atomic E-state index is 9.31. The second-order valence-corrected chi connectivity index (χ2v) is 4.61. The third kappa shape index (κ3) is 5.13. The number of ether oxygens (including phenoxy) is 4. The fraction of sp³-hybridized carbons (Fsp3) is 0.538. The first kappa shape index (κ1) is 16.5. The monoisotopic (exact) mass is 382 g/mol. The first-order valence-electron chi connectivity index (χ1n) is 6.07. The Morgan fingerprint density at radius 2 is 1.68 bits per heavy atom. The van der Waals surface area contributed by atoms with Crippen LogP contribution in [-0.2, 0) is 16.1 Å². The van der Waals surface area contributed by atoms with Crippen LogP contribution in [0.2, 0.25) is 0 Å². The van der Waals surface area contributed by atoms with Gasteiger partial charge in [-0.15, -0.1) is 0 Å². The Labute approximate surface area is 126 Å². The normalized spacial score (nSPS) is 10.5. The lowest BCUT2D eigenvalue weighted by Crippen LogP contribution is -2.08. The molecule has 1 N–H and O–H groups in total. The van der Waals surface area contributed by atoms with Crippen molar-refractivity contribution < 1.29 is 24.1 Å². The lowest BCUT2D eigenvalue weighted by Gasteiger charge is -2.15. The molecule has 0 atom stereocenters. The number of halogens is 1. The molecule has 5 nitrogen and oxygen atoms in total. The summed E-state index contributed by atoms with van der Waals surface area (Å²) in [5.74, 6) is 1.25. The molecule has 0 bridgehead atoms. The summed E-state index contributed by atoms with van der Waals surface area (Å²) in [6.45, 7) is 5.21. The van der Waals surface area contributed by atoms with Gasteiger partial charge in [-0.05, 0) is 48.6 Å². The lowest BCUT2D eigenvalue weighted by molar-refractivity contribution is 0.0163. The highest BCUT2D eigenvalue weighted by Crippen LogP contribution is 2.34. The molecule has 0 aromatic heterocycles. The van der Waals surface area contributed by atoms with Crippen molar-refractivity contribution in [1.29, 1.82) is 0 Å². The Kier molecular flexibility index (Phi) is 8.11. The molecular formula is C13H19IO5. The van der Waals surface area contributed by atoms with E-state index in [2.05, 4.69) is 22.6 Å². The van der Waals surface area contributed by atoms with Crippen molar-refractivity contribution in [3.8, 4) is 11.5 Å². The minimum Gasteiger partial charge on any atom is -0.466 e. The van der Waals surface area contributed by atoms with Gasteiger partial charge in [-0.1, -0.05) is 0 Å². The number of benzene rings is 1. The van der Waals surface area contributed by atoms with Crippen LogP contribution in [0.5, 0.6) is 11.5 Å². The molecule has 1 aromatic carbocycles. The van der Waals surface area contributed by atoms with Crippen molar-refractivity contribution >= 4 is 22.6 Å². The first-order valence-corrected chi connectivity index (χ1v) is 7.15. The molecule has 0 fully saturated rings. The molecule has 108 valence electrons. The lowest BCUT2D eigenvalue weighted by atomic mass is 10.2. The number of aliphatic hydroxyl groups is 1. The largest absolute Gasteiger partial charge is 0.466 e. The summed E-state index contributed by atoms with van der Waals surface area (Å²) in [7, 11) is 0. The molecule has 0 saturated heterocycles. The molecule has 0 spiro atoms. The molecule has 0 aliphatic carbocycles. The Morgan fingerprint density at radius 1 is 1.05 bits per heavy atom. The van der Waals surface area contributed by atoms with E-state index >= 15 is 0 Å². The van der Waals surface area contributed by atoms with Gasteiger partial charge in [0, 0.05) is 18.8 Å². The Hall–Kier alpha value is -0.570. The van der Waals surface area contributed by atoms with Crippen molar-refractivity contribution in [2.24, 2.45) is 0 Å². The van der Waals surface area contributed by atoms with Crippen LogP contribution in [0.15, 0.2) is 12.1 Å². The average molecular weight is 382 g/mol. The number of aliphatic hydroxyl groups excluding tert-OH is 1. The summed E-state index contributed by atoms with van der Waals surface area (Å²) in [5.41, 5.74) is 0.702. The third-order valence-electron chi connectivity index (χ3n) is 2.31. The molecule has 0 aliphatic rings. The van der Waals surface area contributed by atoms with Crippen LogP contribution in [0, 0.1) is 3.57 Å². The summed E-state index contributed by atoms with van der Waals surface area (Å²) >= 11 is 2.12. The van der Waals surface area contributed by atoms with Crippen molar-refractivity contribution in [3.63, 3.8) is 0 Å². The van der Waals surface area contributed by atoms with Gasteiger partial charge in [-0.3, -0.25) is 0 Å². The van der Waals surface area contributed by atoms with Gasteiger partial charge >= 0.3 is 0 Å². The van der Waals surface area contributed by atoms with Crippen molar-refractivity contribution in [3.05, 3.63) is 21.3 Å². The van der Waals surface area contributed by atoms with Crippen LogP contribution in [0.3, 0.4) is 0 Å². The smallest absolute Gasteiger partial charge is 0.189 e. The Morgan fingerprint density at radius 3 is 2.26 bits per heavy atom. The van der Waals surface area contributed by atoms with Crippen LogP contribution >= 0.6 is 22.6 Å². The molecule has 0 unspecified atom stereocenters. The van der Waals surface area contributed by atoms with Crippen LogP contribution in [-0.4, -0.2) is 31.9 Å². The summed E-state index contributed by atoms with van der Waals surface area (Å²) in [5, 5.41) is 9.31. The van der Waals surface area contributed by atoms with Crippen LogP contribution in [0.4, 0.5) is 0 Å². The van der Waals surface area contributed by atoms with Gasteiger partial charge in [-0.25, -0.2) is 0 Å². The van der Waals surface area contributed by atoms with E-state index in [1.54, 1.807) is 12.1 Å². The summed E-state index contributed by atoms with van der Waals surface area (Å²) in [6, 6.07) is 3.56. The van der Waals surface area contributed by atoms with Crippen molar-refractivity contribution in [2.75, 3.05) is 26.8 Å². The van der Waals surface area contributed by atoms with Crippen LogP contribution in [0.25, 0.3) is 0 Å². The highest BCUT2D eigenvalue weighted by Gasteiger charge is 2.13. The minimum atomic E-state index is -0.0940.